The van der Waals surface area contributed by atoms with Gasteiger partial charge in [0.25, 0.3) is 0 Å². The number of carbonyl (C=O) groups is 2. The van der Waals surface area contributed by atoms with Crippen LogP contribution in [0.25, 0.3) is 0 Å². The molecule has 0 radical (unpaired) electrons. The van der Waals surface area contributed by atoms with Gasteiger partial charge in [-0.3, -0.25) is 9.59 Å². The fourth-order valence-corrected chi connectivity index (χ4v) is 4.31. The zero-order valence-corrected chi connectivity index (χ0v) is 15.5. The van der Waals surface area contributed by atoms with Crippen molar-refractivity contribution in [1.82, 2.24) is 4.90 Å². The highest BCUT2D eigenvalue weighted by molar-refractivity contribution is 5.92. The predicted octanol–water partition coefficient (Wildman–Crippen LogP) is 2.55. The van der Waals surface area contributed by atoms with E-state index in [1.54, 1.807) is 12.1 Å². The van der Waals surface area contributed by atoms with Crippen molar-refractivity contribution in [2.75, 3.05) is 38.4 Å². The van der Waals surface area contributed by atoms with Gasteiger partial charge in [0, 0.05) is 37.7 Å². The molecule has 7 nitrogen and oxygen atoms in total. The van der Waals surface area contributed by atoms with Gasteiger partial charge in [-0.1, -0.05) is 12.8 Å². The molecule has 0 atom stereocenters. The van der Waals surface area contributed by atoms with Gasteiger partial charge in [-0.25, -0.2) is 0 Å². The van der Waals surface area contributed by atoms with E-state index in [0.29, 0.717) is 56.3 Å². The third-order valence-electron chi connectivity index (χ3n) is 5.75. The van der Waals surface area contributed by atoms with E-state index in [9.17, 15) is 9.59 Å². The highest BCUT2D eigenvalue weighted by atomic mass is 16.7. The molecule has 1 N–H and O–H groups in total. The van der Waals surface area contributed by atoms with E-state index < -0.39 is 0 Å². The van der Waals surface area contributed by atoms with Crippen molar-refractivity contribution in [2.45, 2.75) is 38.5 Å². The zero-order chi connectivity index (χ0) is 18.7. The number of carbonyl (C=O) groups excluding carboxylic acids is 2. The number of hydrogen-bond acceptors (Lipinski definition) is 5. The molecule has 0 unspecified atom stereocenters. The van der Waals surface area contributed by atoms with E-state index in [-0.39, 0.29) is 24.0 Å². The van der Waals surface area contributed by atoms with Crippen LogP contribution in [0, 0.1) is 5.41 Å². The Kier molecular flexibility index (Phi) is 5.20. The summed E-state index contributed by atoms with van der Waals surface area (Å²) < 4.78 is 16.0. The first-order valence-corrected chi connectivity index (χ1v) is 9.69. The fourth-order valence-electron chi connectivity index (χ4n) is 4.31. The first-order chi connectivity index (χ1) is 13.1. The van der Waals surface area contributed by atoms with Gasteiger partial charge in [0.2, 0.25) is 18.6 Å². The molecule has 2 amide bonds. The molecule has 0 aromatic heterocycles. The Morgan fingerprint density at radius 1 is 1.04 bits per heavy atom. The molecule has 1 aromatic rings. The molecule has 1 saturated heterocycles. The molecule has 1 aromatic carbocycles. The van der Waals surface area contributed by atoms with Gasteiger partial charge in [-0.2, -0.15) is 0 Å². The Bertz CT molecular complexity index is 708. The van der Waals surface area contributed by atoms with E-state index in [1.165, 1.54) is 0 Å². The third-order valence-corrected chi connectivity index (χ3v) is 5.75. The number of benzene rings is 1. The molecule has 0 bridgehead atoms. The molecule has 2 fully saturated rings. The lowest BCUT2D eigenvalue weighted by atomic mass is 9.78. The van der Waals surface area contributed by atoms with E-state index in [2.05, 4.69) is 5.32 Å². The van der Waals surface area contributed by atoms with Crippen molar-refractivity contribution >= 4 is 17.5 Å². The Morgan fingerprint density at radius 3 is 2.56 bits per heavy atom. The van der Waals surface area contributed by atoms with Crippen LogP contribution in [0.2, 0.25) is 0 Å². The van der Waals surface area contributed by atoms with Crippen molar-refractivity contribution in [2.24, 2.45) is 5.41 Å². The minimum absolute atomic E-state index is 0.0504. The average Bonchev–Trinajstić information content (AvgIpc) is 3.31. The van der Waals surface area contributed by atoms with Crippen molar-refractivity contribution in [1.29, 1.82) is 0 Å². The second-order valence-corrected chi connectivity index (χ2v) is 7.67. The summed E-state index contributed by atoms with van der Waals surface area (Å²) in [7, 11) is 0. The highest BCUT2D eigenvalue weighted by Gasteiger charge is 2.39. The number of morpholine rings is 1. The van der Waals surface area contributed by atoms with Gasteiger partial charge >= 0.3 is 0 Å². The van der Waals surface area contributed by atoms with Crippen LogP contribution >= 0.6 is 0 Å². The molecule has 2 aliphatic heterocycles. The van der Waals surface area contributed by atoms with Gasteiger partial charge < -0.3 is 24.4 Å². The Balaban J connectivity index is 1.38. The Hall–Kier alpha value is -2.28. The molecule has 3 aliphatic rings. The van der Waals surface area contributed by atoms with Gasteiger partial charge in [-0.15, -0.1) is 0 Å². The van der Waals surface area contributed by atoms with Crippen molar-refractivity contribution in [3.63, 3.8) is 0 Å². The standard InChI is InChI=1S/C20H26N2O5/c23-18(21-15-3-4-16-17(11-15)27-14-26-16)12-20(5-1-2-6-20)13-19(24)22-7-9-25-10-8-22/h3-4,11H,1-2,5-10,12-14H2,(H,21,23). The molecule has 0 spiro atoms. The fraction of sp³-hybridized carbons (Fsp3) is 0.600. The second-order valence-electron chi connectivity index (χ2n) is 7.67. The van der Waals surface area contributed by atoms with Gasteiger partial charge in [-0.05, 0) is 30.4 Å². The normalized spacial score (nSPS) is 20.5. The molecule has 27 heavy (non-hydrogen) atoms. The van der Waals surface area contributed by atoms with E-state index >= 15 is 0 Å². The number of amides is 2. The molecular weight excluding hydrogens is 348 g/mol. The first kappa shape index (κ1) is 18.1. The first-order valence-electron chi connectivity index (χ1n) is 9.69. The van der Waals surface area contributed by atoms with Gasteiger partial charge in [0.1, 0.15) is 0 Å². The monoisotopic (exact) mass is 374 g/mol. The Labute approximate surface area is 158 Å². The number of anilines is 1. The Morgan fingerprint density at radius 2 is 1.78 bits per heavy atom. The zero-order valence-electron chi connectivity index (χ0n) is 15.5. The topological polar surface area (TPSA) is 77.1 Å². The second kappa shape index (κ2) is 7.76. The predicted molar refractivity (Wildman–Crippen MR) is 98.7 cm³/mol. The molecular formula is C20H26N2O5. The molecule has 146 valence electrons. The molecule has 1 saturated carbocycles. The minimum atomic E-state index is -0.226. The number of hydrogen-bond donors (Lipinski definition) is 1. The summed E-state index contributed by atoms with van der Waals surface area (Å²) in [5.41, 5.74) is 0.465. The van der Waals surface area contributed by atoms with Gasteiger partial charge in [0.15, 0.2) is 11.5 Å². The lowest BCUT2D eigenvalue weighted by Gasteiger charge is -2.33. The maximum Gasteiger partial charge on any atom is 0.231 e. The summed E-state index contributed by atoms with van der Waals surface area (Å²) in [5.74, 6) is 1.43. The number of ether oxygens (including phenoxy) is 3. The van der Waals surface area contributed by atoms with Crippen LogP contribution in [-0.4, -0.2) is 49.8 Å². The van der Waals surface area contributed by atoms with E-state index in [1.807, 2.05) is 11.0 Å². The van der Waals surface area contributed by atoms with Crippen molar-refractivity contribution in [3.05, 3.63) is 18.2 Å². The maximum absolute atomic E-state index is 12.7. The van der Waals surface area contributed by atoms with Crippen LogP contribution in [0.4, 0.5) is 5.69 Å². The summed E-state index contributed by atoms with van der Waals surface area (Å²) >= 11 is 0. The van der Waals surface area contributed by atoms with Crippen molar-refractivity contribution in [3.8, 4) is 11.5 Å². The summed E-state index contributed by atoms with van der Waals surface area (Å²) in [6.07, 6.45) is 4.83. The maximum atomic E-state index is 12.7. The van der Waals surface area contributed by atoms with Crippen LogP contribution < -0.4 is 14.8 Å². The molecule has 4 rings (SSSR count). The number of fused-ring (bicyclic) bond motifs is 1. The summed E-state index contributed by atoms with van der Waals surface area (Å²) in [6.45, 7) is 2.71. The average molecular weight is 374 g/mol. The van der Waals surface area contributed by atoms with Crippen LogP contribution in [0.1, 0.15) is 38.5 Å². The van der Waals surface area contributed by atoms with Crippen LogP contribution in [0.5, 0.6) is 11.5 Å². The largest absolute Gasteiger partial charge is 0.454 e. The quantitative estimate of drug-likeness (QED) is 0.857. The number of nitrogens with zero attached hydrogens (tertiary/aromatic N) is 1. The number of rotatable bonds is 5. The molecule has 2 heterocycles. The van der Waals surface area contributed by atoms with Crippen LogP contribution in [0.15, 0.2) is 18.2 Å². The third kappa shape index (κ3) is 4.18. The lowest BCUT2D eigenvalue weighted by molar-refractivity contribution is -0.138. The van der Waals surface area contributed by atoms with Crippen molar-refractivity contribution < 1.29 is 23.8 Å². The molecule has 7 heteroatoms. The van der Waals surface area contributed by atoms with Crippen LogP contribution in [-0.2, 0) is 14.3 Å². The summed E-state index contributed by atoms with van der Waals surface area (Å²) in [4.78, 5) is 27.3. The minimum Gasteiger partial charge on any atom is -0.454 e. The summed E-state index contributed by atoms with van der Waals surface area (Å²) in [5, 5.41) is 2.96. The highest BCUT2D eigenvalue weighted by Crippen LogP contribution is 2.45. The van der Waals surface area contributed by atoms with Gasteiger partial charge in [0.05, 0.1) is 13.2 Å². The van der Waals surface area contributed by atoms with E-state index in [4.69, 9.17) is 14.2 Å². The van der Waals surface area contributed by atoms with E-state index in [0.717, 1.165) is 25.7 Å². The number of nitrogens with one attached hydrogen (secondary N) is 1. The SMILES string of the molecule is O=C(CC1(CC(=O)N2CCOCC2)CCCC1)Nc1ccc2c(c1)OCO2. The molecule has 1 aliphatic carbocycles. The summed E-state index contributed by atoms with van der Waals surface area (Å²) in [6, 6.07) is 5.39. The van der Waals surface area contributed by atoms with Crippen LogP contribution in [0.3, 0.4) is 0 Å². The lowest BCUT2D eigenvalue weighted by Crippen LogP contribution is -2.43. The smallest absolute Gasteiger partial charge is 0.231 e.